The van der Waals surface area contributed by atoms with Gasteiger partial charge in [0.25, 0.3) is 0 Å². The lowest BCUT2D eigenvalue weighted by Crippen LogP contribution is -2.42. The molecule has 0 saturated heterocycles. The Kier molecular flexibility index (Phi) is 7.33. The van der Waals surface area contributed by atoms with Crippen LogP contribution in [-0.4, -0.2) is 30.0 Å². The van der Waals surface area contributed by atoms with Gasteiger partial charge in [-0.3, -0.25) is 4.79 Å². The average Bonchev–Trinajstić information content (AvgIpc) is 2.67. The van der Waals surface area contributed by atoms with Gasteiger partial charge in [0.15, 0.2) is 11.6 Å². The average molecular weight is 407 g/mol. The van der Waals surface area contributed by atoms with Gasteiger partial charge in [0.1, 0.15) is 5.82 Å². The van der Waals surface area contributed by atoms with Gasteiger partial charge in [0, 0.05) is 35.5 Å². The number of hydrogen-bond donors (Lipinski definition) is 0. The lowest BCUT2D eigenvalue weighted by Gasteiger charge is -2.33. The van der Waals surface area contributed by atoms with Crippen LogP contribution in [0.2, 0.25) is 0 Å². The number of rotatable bonds is 7. The summed E-state index contributed by atoms with van der Waals surface area (Å²) in [6.45, 7) is 8.78. The van der Waals surface area contributed by atoms with Crippen molar-refractivity contribution in [2.24, 2.45) is 0 Å². The largest absolute Gasteiger partial charge is 0.493 e. The highest BCUT2D eigenvalue weighted by molar-refractivity contribution is 5.78. The Bertz CT molecular complexity index is 858. The zero-order chi connectivity index (χ0) is 21.9. The molecule has 1 unspecified atom stereocenters. The van der Waals surface area contributed by atoms with Crippen LogP contribution < -0.4 is 4.74 Å². The third-order valence-electron chi connectivity index (χ3n) is 5.07. The molecule has 0 heterocycles. The van der Waals surface area contributed by atoms with E-state index in [2.05, 4.69) is 0 Å². The van der Waals surface area contributed by atoms with Crippen LogP contribution in [0.3, 0.4) is 0 Å². The van der Waals surface area contributed by atoms with Crippen molar-refractivity contribution in [3.05, 3.63) is 64.5 Å². The first-order chi connectivity index (χ1) is 13.6. The number of carbonyl (C=O) groups is 1. The lowest BCUT2D eigenvalue weighted by molar-refractivity contribution is -0.135. The maximum atomic E-state index is 15.2. The van der Waals surface area contributed by atoms with Crippen molar-refractivity contribution in [1.82, 2.24) is 4.90 Å². The summed E-state index contributed by atoms with van der Waals surface area (Å²) in [5, 5.41) is 0. The fraction of sp³-hybridized carbons (Fsp3) is 0.435. The summed E-state index contributed by atoms with van der Waals surface area (Å²) in [6.07, 6.45) is -0.0990. The van der Waals surface area contributed by atoms with Gasteiger partial charge in [-0.1, -0.05) is 30.3 Å². The number of benzene rings is 2. The van der Waals surface area contributed by atoms with Crippen molar-refractivity contribution >= 4 is 5.91 Å². The van der Waals surface area contributed by atoms with Crippen LogP contribution >= 0.6 is 0 Å². The molecule has 2 rings (SSSR count). The van der Waals surface area contributed by atoms with E-state index in [9.17, 15) is 13.6 Å². The minimum absolute atomic E-state index is 0.0580. The Morgan fingerprint density at radius 3 is 2.00 bits per heavy atom. The molecule has 1 amide bonds. The second-order valence-corrected chi connectivity index (χ2v) is 7.67. The van der Waals surface area contributed by atoms with Gasteiger partial charge in [0.05, 0.1) is 7.11 Å². The Labute approximate surface area is 170 Å². The molecule has 0 saturated carbocycles. The van der Waals surface area contributed by atoms with Crippen molar-refractivity contribution in [3.63, 3.8) is 0 Å². The van der Waals surface area contributed by atoms with Gasteiger partial charge in [-0.15, -0.1) is 0 Å². The second kappa shape index (κ2) is 9.33. The molecule has 0 aromatic heterocycles. The molecule has 0 N–H and O–H groups in total. The topological polar surface area (TPSA) is 29.5 Å². The first-order valence-corrected chi connectivity index (χ1v) is 9.68. The summed E-state index contributed by atoms with van der Waals surface area (Å²) in [5.74, 6) is -4.97. The molecular formula is C23H28F3NO2. The van der Waals surface area contributed by atoms with Crippen LogP contribution in [-0.2, 0) is 4.79 Å². The van der Waals surface area contributed by atoms with E-state index in [4.69, 9.17) is 4.74 Å². The molecule has 3 nitrogen and oxygen atoms in total. The van der Waals surface area contributed by atoms with E-state index in [0.717, 1.165) is 7.11 Å². The molecule has 2 aromatic rings. The predicted octanol–water partition coefficient (Wildman–Crippen LogP) is 5.59. The standard InChI is InChI=1S/C23H28F3NO2/c1-13(2)27(14(3)4)18(28)12-17(16-10-8-7-9-11-16)19-20(24)15(5)21(25)22(26)23(19)29-6/h7-11,13-14,17H,12H2,1-6H3. The van der Waals surface area contributed by atoms with Gasteiger partial charge < -0.3 is 9.64 Å². The number of nitrogens with zero attached hydrogens (tertiary/aromatic N) is 1. The minimum atomic E-state index is -1.28. The summed E-state index contributed by atoms with van der Waals surface area (Å²) in [6, 6.07) is 8.67. The quantitative estimate of drug-likeness (QED) is 0.560. The summed E-state index contributed by atoms with van der Waals surface area (Å²) < 4.78 is 48.9. The van der Waals surface area contributed by atoms with Crippen LogP contribution in [0.5, 0.6) is 5.75 Å². The monoisotopic (exact) mass is 407 g/mol. The SMILES string of the molecule is COc1c(F)c(F)c(C)c(F)c1C(CC(=O)N(C(C)C)C(C)C)c1ccccc1. The van der Waals surface area contributed by atoms with Gasteiger partial charge >= 0.3 is 0 Å². The molecule has 0 radical (unpaired) electrons. The molecule has 0 aliphatic heterocycles. The molecule has 0 bridgehead atoms. The van der Waals surface area contributed by atoms with E-state index in [1.807, 2.05) is 27.7 Å². The molecule has 6 heteroatoms. The molecule has 0 fully saturated rings. The predicted molar refractivity (Wildman–Crippen MR) is 108 cm³/mol. The number of methoxy groups -OCH3 is 1. The van der Waals surface area contributed by atoms with Gasteiger partial charge in [-0.25, -0.2) is 8.78 Å². The zero-order valence-electron chi connectivity index (χ0n) is 17.7. The summed E-state index contributed by atoms with van der Waals surface area (Å²) in [7, 11) is 1.16. The number of halogens is 3. The van der Waals surface area contributed by atoms with Crippen LogP contribution in [0.4, 0.5) is 13.2 Å². The Morgan fingerprint density at radius 1 is 0.966 bits per heavy atom. The van der Waals surface area contributed by atoms with E-state index in [0.29, 0.717) is 5.56 Å². The fourth-order valence-electron chi connectivity index (χ4n) is 3.82. The highest BCUT2D eigenvalue weighted by atomic mass is 19.2. The molecule has 0 aliphatic rings. The molecule has 29 heavy (non-hydrogen) atoms. The van der Waals surface area contributed by atoms with E-state index < -0.39 is 34.7 Å². The van der Waals surface area contributed by atoms with Crippen molar-refractivity contribution in [3.8, 4) is 5.75 Å². The lowest BCUT2D eigenvalue weighted by atomic mass is 9.85. The van der Waals surface area contributed by atoms with Crippen molar-refractivity contribution in [2.45, 2.75) is 59.0 Å². The number of carbonyl (C=O) groups excluding carboxylic acids is 1. The maximum Gasteiger partial charge on any atom is 0.223 e. The molecular weight excluding hydrogens is 379 g/mol. The van der Waals surface area contributed by atoms with Crippen molar-refractivity contribution < 1.29 is 22.7 Å². The first kappa shape index (κ1) is 22.8. The minimum Gasteiger partial charge on any atom is -0.493 e. The molecule has 0 spiro atoms. The smallest absolute Gasteiger partial charge is 0.223 e. The summed E-state index contributed by atoms with van der Waals surface area (Å²) >= 11 is 0. The van der Waals surface area contributed by atoms with Crippen LogP contribution in [0.15, 0.2) is 30.3 Å². The molecule has 2 aromatic carbocycles. The second-order valence-electron chi connectivity index (χ2n) is 7.67. The van der Waals surface area contributed by atoms with Crippen molar-refractivity contribution in [1.29, 1.82) is 0 Å². The Balaban J connectivity index is 2.67. The Morgan fingerprint density at radius 2 is 1.52 bits per heavy atom. The number of hydrogen-bond acceptors (Lipinski definition) is 2. The summed E-state index contributed by atoms with van der Waals surface area (Å²) in [4.78, 5) is 14.8. The van der Waals surface area contributed by atoms with E-state index in [-0.39, 0.29) is 30.0 Å². The van der Waals surface area contributed by atoms with Crippen LogP contribution in [0.25, 0.3) is 0 Å². The van der Waals surface area contributed by atoms with Crippen LogP contribution in [0.1, 0.15) is 56.7 Å². The van der Waals surface area contributed by atoms with Crippen LogP contribution in [0, 0.1) is 24.4 Å². The molecule has 1 atom stereocenters. The van der Waals surface area contributed by atoms with E-state index in [1.54, 1.807) is 35.2 Å². The number of amides is 1. The normalized spacial score (nSPS) is 12.4. The molecule has 0 aliphatic carbocycles. The summed E-state index contributed by atoms with van der Waals surface area (Å²) in [5.41, 5.74) is 0.0445. The third kappa shape index (κ3) is 4.57. The van der Waals surface area contributed by atoms with Gasteiger partial charge in [-0.2, -0.15) is 4.39 Å². The number of ether oxygens (including phenoxy) is 1. The first-order valence-electron chi connectivity index (χ1n) is 9.68. The maximum absolute atomic E-state index is 15.2. The fourth-order valence-corrected chi connectivity index (χ4v) is 3.82. The van der Waals surface area contributed by atoms with Gasteiger partial charge in [-0.05, 0) is 40.2 Å². The molecule has 158 valence electrons. The highest BCUT2D eigenvalue weighted by Gasteiger charge is 2.33. The third-order valence-corrected chi connectivity index (χ3v) is 5.07. The zero-order valence-corrected chi connectivity index (χ0v) is 17.7. The Hall–Kier alpha value is -2.50. The highest BCUT2D eigenvalue weighted by Crippen LogP contribution is 2.41. The van der Waals surface area contributed by atoms with Crippen molar-refractivity contribution in [2.75, 3.05) is 7.11 Å². The van der Waals surface area contributed by atoms with E-state index in [1.165, 1.54) is 6.92 Å². The van der Waals surface area contributed by atoms with Gasteiger partial charge in [0.2, 0.25) is 11.7 Å². The van der Waals surface area contributed by atoms with E-state index >= 15 is 4.39 Å².